The number of carbonyl (C=O) groups excluding carboxylic acids is 2. The molecular weight excluding hydrogens is 583 g/mol. The number of alkyl halides is 3. The summed E-state index contributed by atoms with van der Waals surface area (Å²) in [6, 6.07) is 7.84. The number of hydrogen-bond donors (Lipinski definition) is 1. The molecule has 5 rings (SSSR count). The fraction of sp³-hybridized carbons (Fsp3) is 0.552. The smallest absolute Gasteiger partial charge is 0.430 e. The van der Waals surface area contributed by atoms with E-state index < -0.39 is 12.1 Å². The summed E-state index contributed by atoms with van der Waals surface area (Å²) in [6.07, 6.45) is -1.61. The van der Waals surface area contributed by atoms with Gasteiger partial charge in [-0.25, -0.2) is 0 Å². The lowest BCUT2D eigenvalue weighted by molar-refractivity contribution is -0.564. The number of nitrogens with zero attached hydrogens (tertiary/aromatic N) is 6. The van der Waals surface area contributed by atoms with Crippen LogP contribution < -0.4 is 29.9 Å². The maximum atomic E-state index is 13.7. The Bertz CT molecular complexity index is 1490. The number of carboxylic acids is 1. The number of carboxylic acid groups (broad SMARTS) is 1. The monoisotopic (exact) mass is 621 g/mol. The maximum Gasteiger partial charge on any atom is 0.430 e. The van der Waals surface area contributed by atoms with Crippen molar-refractivity contribution in [3.63, 3.8) is 0 Å². The number of halogens is 3. The van der Waals surface area contributed by atoms with Crippen molar-refractivity contribution in [3.05, 3.63) is 35.4 Å². The molecule has 0 unspecified atom stereocenters. The average Bonchev–Trinajstić information content (AvgIpc) is 3.30. The molecule has 12 nitrogen and oxygen atoms in total. The van der Waals surface area contributed by atoms with Crippen LogP contribution in [0, 0.1) is 0 Å². The van der Waals surface area contributed by atoms with Crippen molar-refractivity contribution in [2.24, 2.45) is 0 Å². The van der Waals surface area contributed by atoms with E-state index in [9.17, 15) is 18.0 Å². The lowest BCUT2D eigenvalue weighted by Gasteiger charge is -2.33. The fourth-order valence-corrected chi connectivity index (χ4v) is 5.21. The zero-order valence-corrected chi connectivity index (χ0v) is 25.3. The predicted octanol–water partition coefficient (Wildman–Crippen LogP) is 1.91. The molecule has 0 radical (unpaired) electrons. The molecule has 44 heavy (non-hydrogen) atoms. The van der Waals surface area contributed by atoms with Crippen LogP contribution in [0.25, 0.3) is 5.65 Å². The summed E-state index contributed by atoms with van der Waals surface area (Å²) < 4.78 is 46.3. The third-order valence-corrected chi connectivity index (χ3v) is 7.47. The van der Waals surface area contributed by atoms with Crippen molar-refractivity contribution in [2.45, 2.75) is 58.2 Å². The number of ether oxygens (including phenoxy) is 2. The normalized spacial score (nSPS) is 16.0. The number of aromatic nitrogens is 4. The van der Waals surface area contributed by atoms with Crippen molar-refractivity contribution in [3.8, 4) is 5.75 Å². The molecule has 1 aromatic carbocycles. The molecule has 2 aromatic heterocycles. The minimum absolute atomic E-state index is 0.0484. The van der Waals surface area contributed by atoms with Gasteiger partial charge in [0.2, 0.25) is 0 Å². The highest BCUT2D eigenvalue weighted by molar-refractivity contribution is 5.98. The lowest BCUT2D eigenvalue weighted by Crippen LogP contribution is -2.37. The summed E-state index contributed by atoms with van der Waals surface area (Å²) in [5, 5.41) is 18.0. The summed E-state index contributed by atoms with van der Waals surface area (Å²) in [5.41, 5.74) is 9.25. The van der Waals surface area contributed by atoms with Crippen LogP contribution >= 0.6 is 0 Å². The molecule has 3 aromatic rings. The van der Waals surface area contributed by atoms with E-state index in [1.54, 1.807) is 16.3 Å². The molecule has 0 saturated carbocycles. The minimum atomic E-state index is -5.19. The number of methoxy groups -OCH3 is 1. The van der Waals surface area contributed by atoms with Gasteiger partial charge in [0.15, 0.2) is 18.1 Å². The van der Waals surface area contributed by atoms with Crippen molar-refractivity contribution >= 4 is 34.9 Å². The molecule has 2 saturated heterocycles. The number of nitrogens with two attached hydrogens (primary N) is 1. The Balaban J connectivity index is 0.000000566. The van der Waals surface area contributed by atoms with Gasteiger partial charge in [0, 0.05) is 48.5 Å². The first-order valence-electron chi connectivity index (χ1n) is 14.4. The van der Waals surface area contributed by atoms with Gasteiger partial charge in [0.1, 0.15) is 11.7 Å². The Kier molecular flexibility index (Phi) is 9.86. The van der Waals surface area contributed by atoms with Crippen LogP contribution in [0.15, 0.2) is 24.3 Å². The number of morpholine rings is 1. The summed E-state index contributed by atoms with van der Waals surface area (Å²) in [5.74, 6) is -1.10. The SMILES string of the molecule is COc1c(N2CCOCC2)cc(C(=O)Cn2nc(N)[n+]3nc(N4CCCCC4)ccc23)cc1C(C)(C)C.O=C([O-])C(F)(F)F. The van der Waals surface area contributed by atoms with Gasteiger partial charge in [-0.2, -0.15) is 13.2 Å². The Morgan fingerprint density at radius 3 is 2.25 bits per heavy atom. The van der Waals surface area contributed by atoms with E-state index in [0.29, 0.717) is 24.4 Å². The zero-order chi connectivity index (χ0) is 32.2. The molecule has 0 spiro atoms. The number of Topliss-reactive ketones (excluding diaryl/α,β-unsaturated/α-hetero) is 1. The van der Waals surface area contributed by atoms with E-state index in [0.717, 1.165) is 49.0 Å². The predicted molar refractivity (Wildman–Crippen MR) is 154 cm³/mol. The van der Waals surface area contributed by atoms with Gasteiger partial charge >= 0.3 is 12.1 Å². The number of benzene rings is 1. The Hall–Kier alpha value is -4.14. The molecule has 0 amide bonds. The number of fused-ring (bicyclic) bond motifs is 1. The second-order valence-electron chi connectivity index (χ2n) is 11.7. The van der Waals surface area contributed by atoms with E-state index >= 15 is 0 Å². The van der Waals surface area contributed by atoms with Gasteiger partial charge in [-0.1, -0.05) is 30.4 Å². The molecule has 2 aliphatic rings. The van der Waals surface area contributed by atoms with Gasteiger partial charge in [-0.15, -0.1) is 4.68 Å². The van der Waals surface area contributed by atoms with Crippen LogP contribution in [0.2, 0.25) is 0 Å². The van der Waals surface area contributed by atoms with Gasteiger partial charge < -0.3 is 34.9 Å². The Morgan fingerprint density at radius 1 is 1.05 bits per heavy atom. The topological polar surface area (TPSA) is 143 Å². The number of hydrogen-bond acceptors (Lipinski definition) is 10. The number of carbonyl (C=O) groups is 2. The molecule has 2 fully saturated rings. The third-order valence-electron chi connectivity index (χ3n) is 7.47. The second kappa shape index (κ2) is 13.2. The summed E-state index contributed by atoms with van der Waals surface area (Å²) in [7, 11) is 1.69. The zero-order valence-electron chi connectivity index (χ0n) is 25.3. The quantitative estimate of drug-likeness (QED) is 0.320. The van der Waals surface area contributed by atoms with Crippen molar-refractivity contribution < 1.29 is 41.9 Å². The highest BCUT2D eigenvalue weighted by atomic mass is 19.4. The number of anilines is 3. The Labute approximate surface area is 253 Å². The minimum Gasteiger partial charge on any atom is -0.542 e. The summed E-state index contributed by atoms with van der Waals surface area (Å²) in [6.45, 7) is 11.2. The first-order chi connectivity index (χ1) is 20.7. The lowest BCUT2D eigenvalue weighted by atomic mass is 9.84. The van der Waals surface area contributed by atoms with Crippen LogP contribution in [-0.4, -0.2) is 79.3 Å². The van der Waals surface area contributed by atoms with E-state index in [1.807, 2.05) is 24.3 Å². The van der Waals surface area contributed by atoms with Gasteiger partial charge in [-0.05, 0) is 42.9 Å². The van der Waals surface area contributed by atoms with Crippen LogP contribution in [0.3, 0.4) is 0 Å². The maximum absolute atomic E-state index is 13.7. The largest absolute Gasteiger partial charge is 0.542 e. The molecule has 0 atom stereocenters. The van der Waals surface area contributed by atoms with Crippen LogP contribution in [0.5, 0.6) is 5.75 Å². The highest BCUT2D eigenvalue weighted by Gasteiger charge is 2.30. The van der Waals surface area contributed by atoms with Crippen molar-refractivity contribution in [1.82, 2.24) is 14.9 Å². The van der Waals surface area contributed by atoms with E-state index in [2.05, 4.69) is 35.7 Å². The average molecular weight is 622 g/mol. The molecule has 0 bridgehead atoms. The Morgan fingerprint density at radius 2 is 1.68 bits per heavy atom. The first kappa shape index (κ1) is 32.8. The second-order valence-corrected chi connectivity index (χ2v) is 11.7. The standard InChI is InChI=1S/C27H38N7O3.C2HF3O2/c1-27(2,3)20-16-19(17-21(25(20)36-4)31-12-14-37-15-13-31)22(35)18-33-24-9-8-23(29-34(24)26(28)30-33)32-10-6-5-7-11-32;3-2(4,5)1(6)7/h8-9,16-17H,5-7,10-15,18H2,1-4H3,(H2,28,30);(H,6,7)/q+1;/p-1. The first-order valence-corrected chi connectivity index (χ1v) is 14.4. The fourth-order valence-electron chi connectivity index (χ4n) is 5.21. The van der Waals surface area contributed by atoms with E-state index in [-0.39, 0.29) is 23.7 Å². The molecule has 0 aliphatic carbocycles. The molecule has 2 aliphatic heterocycles. The van der Waals surface area contributed by atoms with Crippen molar-refractivity contribution in [1.29, 1.82) is 0 Å². The van der Waals surface area contributed by atoms with E-state index in [4.69, 9.17) is 30.2 Å². The van der Waals surface area contributed by atoms with Crippen LogP contribution in [-0.2, 0) is 21.5 Å². The molecular formula is C29H38F3N7O5. The number of piperidine rings is 1. The molecule has 2 N–H and O–H groups in total. The third kappa shape index (κ3) is 7.49. The van der Waals surface area contributed by atoms with E-state index in [1.165, 1.54) is 19.3 Å². The number of aliphatic carboxylic acids is 1. The summed E-state index contributed by atoms with van der Waals surface area (Å²) in [4.78, 5) is 27.0. The van der Waals surface area contributed by atoms with Gasteiger partial charge in [0.05, 0.1) is 26.0 Å². The van der Waals surface area contributed by atoms with Gasteiger partial charge in [0.25, 0.3) is 5.65 Å². The molecule has 15 heteroatoms. The molecule has 240 valence electrons. The number of ketones is 1. The number of rotatable bonds is 6. The highest BCUT2D eigenvalue weighted by Crippen LogP contribution is 2.40. The van der Waals surface area contributed by atoms with Gasteiger partial charge in [-0.3, -0.25) is 4.79 Å². The number of nitrogen functional groups attached to an aromatic ring is 1. The van der Waals surface area contributed by atoms with Crippen LogP contribution in [0.4, 0.5) is 30.6 Å². The van der Waals surface area contributed by atoms with Crippen LogP contribution in [0.1, 0.15) is 56.0 Å². The van der Waals surface area contributed by atoms with Crippen molar-refractivity contribution in [2.75, 3.05) is 62.0 Å². The summed E-state index contributed by atoms with van der Waals surface area (Å²) >= 11 is 0. The molecule has 4 heterocycles.